The highest BCUT2D eigenvalue weighted by molar-refractivity contribution is 6.15. The molecule has 0 spiro atoms. The van der Waals surface area contributed by atoms with Gasteiger partial charge in [0.15, 0.2) is 0 Å². The Morgan fingerprint density at radius 3 is 2.68 bits per heavy atom. The molecule has 2 amide bonds. The first kappa shape index (κ1) is 21.7. The molecular weight excluding hydrogens is 430 g/mol. The summed E-state index contributed by atoms with van der Waals surface area (Å²) in [6.45, 7) is 2.46. The van der Waals surface area contributed by atoms with Crippen LogP contribution in [0.2, 0.25) is 0 Å². The Morgan fingerprint density at radius 1 is 1.24 bits per heavy atom. The van der Waals surface area contributed by atoms with Crippen LogP contribution in [0.25, 0.3) is 0 Å². The summed E-state index contributed by atoms with van der Waals surface area (Å²) < 4.78 is 6.74. The van der Waals surface area contributed by atoms with Gasteiger partial charge in [-0.3, -0.25) is 14.3 Å². The van der Waals surface area contributed by atoms with Crippen molar-refractivity contribution < 1.29 is 14.3 Å². The molecule has 1 unspecified atom stereocenters. The highest BCUT2D eigenvalue weighted by Gasteiger charge is 2.36. The number of nitrogens with one attached hydrogen (secondary N) is 1. The lowest BCUT2D eigenvalue weighted by molar-refractivity contribution is 0.0933. The van der Waals surface area contributed by atoms with E-state index in [4.69, 9.17) is 4.74 Å². The number of methoxy groups -OCH3 is 1. The Hall–Kier alpha value is -4.12. The second-order valence-electron chi connectivity index (χ2n) is 8.91. The van der Waals surface area contributed by atoms with E-state index in [0.717, 1.165) is 18.0 Å². The molecule has 0 saturated heterocycles. The number of carbonyl (C=O) groups excluding carboxylic acids is 2. The highest BCUT2D eigenvalue weighted by Crippen LogP contribution is 2.33. The maximum Gasteiger partial charge on any atom is 0.277 e. The molecule has 1 saturated carbocycles. The van der Waals surface area contributed by atoms with Crippen molar-refractivity contribution in [2.24, 2.45) is 5.92 Å². The Morgan fingerprint density at radius 2 is 2.00 bits per heavy atom. The maximum absolute atomic E-state index is 13.5. The molecule has 1 N–H and O–H groups in total. The minimum atomic E-state index is -0.460. The monoisotopic (exact) mass is 455 g/mol. The molecule has 0 bridgehead atoms. The van der Waals surface area contributed by atoms with E-state index in [-0.39, 0.29) is 23.2 Å². The van der Waals surface area contributed by atoms with Crippen LogP contribution in [0, 0.1) is 17.2 Å². The number of fused-ring (bicyclic) bond motifs is 1. The lowest BCUT2D eigenvalue weighted by atomic mass is 10.1. The number of aromatic nitrogens is 2. The topological polar surface area (TPSA) is 100 Å². The van der Waals surface area contributed by atoms with E-state index in [1.54, 1.807) is 21.7 Å². The molecule has 172 valence electrons. The molecule has 1 atom stereocenters. The summed E-state index contributed by atoms with van der Waals surface area (Å²) in [5.41, 5.74) is 3.28. The van der Waals surface area contributed by atoms with Gasteiger partial charge in [-0.1, -0.05) is 12.1 Å². The SMILES string of the molecule is COc1ccc(NC(=O)c2cnn3c2C(=O)N(c2ccc(CC4CC4)cc2)C(C)C3)cc1C#N. The van der Waals surface area contributed by atoms with Crippen LogP contribution in [0.15, 0.2) is 48.7 Å². The predicted octanol–water partition coefficient (Wildman–Crippen LogP) is 4.02. The molecule has 1 fully saturated rings. The number of rotatable bonds is 6. The Labute approximate surface area is 197 Å². The molecule has 2 aliphatic rings. The molecule has 0 radical (unpaired) electrons. The lowest BCUT2D eigenvalue weighted by Crippen LogP contribution is -2.47. The van der Waals surface area contributed by atoms with Crippen LogP contribution in [-0.4, -0.2) is 34.7 Å². The first-order chi connectivity index (χ1) is 16.5. The number of nitriles is 1. The van der Waals surface area contributed by atoms with Gasteiger partial charge in [0.1, 0.15) is 17.5 Å². The van der Waals surface area contributed by atoms with Gasteiger partial charge in [0, 0.05) is 11.4 Å². The zero-order valence-corrected chi connectivity index (χ0v) is 19.1. The summed E-state index contributed by atoms with van der Waals surface area (Å²) in [6.07, 6.45) is 5.10. The van der Waals surface area contributed by atoms with Gasteiger partial charge in [-0.25, -0.2) is 0 Å². The third-order valence-electron chi connectivity index (χ3n) is 6.40. The van der Waals surface area contributed by atoms with Gasteiger partial charge in [-0.2, -0.15) is 10.4 Å². The molecule has 1 aromatic heterocycles. The van der Waals surface area contributed by atoms with Crippen molar-refractivity contribution in [2.75, 3.05) is 17.3 Å². The zero-order valence-electron chi connectivity index (χ0n) is 19.1. The van der Waals surface area contributed by atoms with E-state index in [1.165, 1.54) is 37.8 Å². The number of hydrogen-bond donors (Lipinski definition) is 1. The molecule has 8 heteroatoms. The van der Waals surface area contributed by atoms with E-state index < -0.39 is 5.91 Å². The fourth-order valence-corrected chi connectivity index (χ4v) is 4.45. The number of amides is 2. The highest BCUT2D eigenvalue weighted by atomic mass is 16.5. The molecule has 3 aromatic rings. The van der Waals surface area contributed by atoms with Crippen LogP contribution in [0.1, 0.15) is 51.7 Å². The lowest BCUT2D eigenvalue weighted by Gasteiger charge is -2.34. The van der Waals surface area contributed by atoms with Crippen molar-refractivity contribution in [1.82, 2.24) is 9.78 Å². The minimum Gasteiger partial charge on any atom is -0.495 e. The molecule has 1 aliphatic heterocycles. The summed E-state index contributed by atoms with van der Waals surface area (Å²) in [6, 6.07) is 14.9. The van der Waals surface area contributed by atoms with E-state index in [1.807, 2.05) is 25.1 Å². The molecule has 34 heavy (non-hydrogen) atoms. The third kappa shape index (κ3) is 4.01. The minimum absolute atomic E-state index is 0.107. The zero-order chi connectivity index (χ0) is 23.8. The van der Waals surface area contributed by atoms with E-state index in [0.29, 0.717) is 23.5 Å². The molecule has 2 aromatic carbocycles. The van der Waals surface area contributed by atoms with Crippen molar-refractivity contribution in [3.63, 3.8) is 0 Å². The second kappa shape index (κ2) is 8.67. The first-order valence-corrected chi connectivity index (χ1v) is 11.4. The second-order valence-corrected chi connectivity index (χ2v) is 8.91. The van der Waals surface area contributed by atoms with Crippen LogP contribution in [0.4, 0.5) is 11.4 Å². The van der Waals surface area contributed by atoms with Crippen molar-refractivity contribution in [3.05, 3.63) is 71.0 Å². The van der Waals surface area contributed by atoms with Crippen LogP contribution in [-0.2, 0) is 13.0 Å². The molecular formula is C26H25N5O3. The summed E-state index contributed by atoms with van der Waals surface area (Å²) in [5.74, 6) is 0.500. The number of nitrogens with zero attached hydrogens (tertiary/aromatic N) is 4. The van der Waals surface area contributed by atoms with E-state index in [9.17, 15) is 14.9 Å². The van der Waals surface area contributed by atoms with Gasteiger partial charge in [0.25, 0.3) is 11.8 Å². The van der Waals surface area contributed by atoms with E-state index >= 15 is 0 Å². The van der Waals surface area contributed by atoms with Gasteiger partial charge >= 0.3 is 0 Å². The summed E-state index contributed by atoms with van der Waals surface area (Å²) in [4.78, 5) is 28.4. The number of carbonyl (C=O) groups is 2. The smallest absolute Gasteiger partial charge is 0.277 e. The summed E-state index contributed by atoms with van der Waals surface area (Å²) >= 11 is 0. The number of hydrogen-bond acceptors (Lipinski definition) is 5. The quantitative estimate of drug-likeness (QED) is 0.605. The average Bonchev–Trinajstić information content (AvgIpc) is 3.55. The van der Waals surface area contributed by atoms with Gasteiger partial charge in [-0.05, 0) is 68.0 Å². The summed E-state index contributed by atoms with van der Waals surface area (Å²) in [7, 11) is 1.48. The van der Waals surface area contributed by atoms with Crippen LogP contribution < -0.4 is 15.0 Å². The number of benzene rings is 2. The van der Waals surface area contributed by atoms with Crippen LogP contribution in [0.3, 0.4) is 0 Å². The third-order valence-corrected chi connectivity index (χ3v) is 6.40. The molecule has 5 rings (SSSR count). The standard InChI is InChI=1S/C26H25N5O3/c1-16-15-30-24(26(33)31(16)21-8-5-18(6-9-21)11-17-3-4-17)22(14-28-30)25(32)29-20-7-10-23(34-2)19(12-20)13-27/h5-10,12,14,16-17H,3-4,11,15H2,1-2H3,(H,29,32). The normalized spacial score (nSPS) is 17.1. The maximum atomic E-state index is 13.5. The molecule has 1 aliphatic carbocycles. The van der Waals surface area contributed by atoms with Crippen molar-refractivity contribution in [2.45, 2.75) is 38.8 Å². The predicted molar refractivity (Wildman–Crippen MR) is 127 cm³/mol. The Kier molecular flexibility index (Phi) is 5.54. The Bertz CT molecular complexity index is 1300. The average molecular weight is 456 g/mol. The van der Waals surface area contributed by atoms with Gasteiger partial charge in [0.05, 0.1) is 37.0 Å². The fourth-order valence-electron chi connectivity index (χ4n) is 4.45. The van der Waals surface area contributed by atoms with Gasteiger partial charge < -0.3 is 15.0 Å². The van der Waals surface area contributed by atoms with Gasteiger partial charge in [-0.15, -0.1) is 0 Å². The molecule has 8 nitrogen and oxygen atoms in total. The largest absolute Gasteiger partial charge is 0.495 e. The van der Waals surface area contributed by atoms with Crippen molar-refractivity contribution >= 4 is 23.2 Å². The van der Waals surface area contributed by atoms with Crippen LogP contribution in [0.5, 0.6) is 5.75 Å². The van der Waals surface area contributed by atoms with Crippen LogP contribution >= 0.6 is 0 Å². The number of anilines is 2. The van der Waals surface area contributed by atoms with Crippen molar-refractivity contribution in [1.29, 1.82) is 5.26 Å². The number of ether oxygens (including phenoxy) is 1. The fraction of sp³-hybridized carbons (Fsp3) is 0.308. The van der Waals surface area contributed by atoms with Crippen molar-refractivity contribution in [3.8, 4) is 11.8 Å². The Balaban J connectivity index is 1.39. The molecule has 2 heterocycles. The first-order valence-electron chi connectivity index (χ1n) is 11.4. The summed E-state index contributed by atoms with van der Waals surface area (Å²) in [5, 5.41) is 16.4. The van der Waals surface area contributed by atoms with E-state index in [2.05, 4.69) is 22.5 Å². The van der Waals surface area contributed by atoms with Gasteiger partial charge in [0.2, 0.25) is 0 Å².